The number of aromatic nitrogens is 3. The minimum absolute atomic E-state index is 0.274. The second-order valence-corrected chi connectivity index (χ2v) is 6.37. The smallest absolute Gasteiger partial charge is 0.230 e. The van der Waals surface area contributed by atoms with Crippen molar-refractivity contribution in [3.8, 4) is 17.1 Å². The van der Waals surface area contributed by atoms with Crippen LogP contribution in [0.3, 0.4) is 0 Å². The van der Waals surface area contributed by atoms with E-state index in [1.165, 1.54) is 18.5 Å². The molecule has 143 valence electrons. The van der Waals surface area contributed by atoms with E-state index >= 15 is 0 Å². The Labute approximate surface area is 168 Å². The molecule has 0 spiro atoms. The Morgan fingerprint density at radius 2 is 1.76 bits per heavy atom. The number of benzene rings is 3. The van der Waals surface area contributed by atoms with Crippen LogP contribution in [0.25, 0.3) is 11.4 Å². The van der Waals surface area contributed by atoms with Crippen molar-refractivity contribution in [1.29, 1.82) is 0 Å². The number of nitrogens with one attached hydrogen (secondary N) is 1. The number of para-hydroxylation sites is 1. The number of ether oxygens (including phenoxy) is 1. The summed E-state index contributed by atoms with van der Waals surface area (Å²) in [5.74, 6) is 1.27. The van der Waals surface area contributed by atoms with Gasteiger partial charge >= 0.3 is 0 Å². The van der Waals surface area contributed by atoms with Crippen LogP contribution < -0.4 is 10.1 Å². The molecule has 0 aliphatic heterocycles. The minimum atomic E-state index is -0.274. The van der Waals surface area contributed by atoms with E-state index in [0.29, 0.717) is 24.1 Å². The quantitative estimate of drug-likeness (QED) is 0.495. The number of anilines is 2. The van der Waals surface area contributed by atoms with Gasteiger partial charge in [0.15, 0.2) is 5.82 Å². The first-order chi connectivity index (χ1) is 14.2. The molecule has 3 aromatic carbocycles. The summed E-state index contributed by atoms with van der Waals surface area (Å²) >= 11 is 0. The maximum absolute atomic E-state index is 13.1. The van der Waals surface area contributed by atoms with Gasteiger partial charge in [0.25, 0.3) is 0 Å². The summed E-state index contributed by atoms with van der Waals surface area (Å²) in [7, 11) is 0. The molecule has 4 aromatic rings. The van der Waals surface area contributed by atoms with Crippen LogP contribution in [0.15, 0.2) is 79.1 Å². The van der Waals surface area contributed by atoms with Crippen LogP contribution in [0, 0.1) is 12.7 Å². The van der Waals surface area contributed by atoms with Crippen molar-refractivity contribution in [2.45, 2.75) is 6.61 Å². The summed E-state index contributed by atoms with van der Waals surface area (Å²) in [5, 5.41) is 3.16. The molecule has 0 bridgehead atoms. The zero-order valence-corrected chi connectivity index (χ0v) is 15.5. The second kappa shape index (κ2) is 8.48. The van der Waals surface area contributed by atoms with Gasteiger partial charge in [-0.3, -0.25) is 0 Å². The summed E-state index contributed by atoms with van der Waals surface area (Å²) in [6.07, 6.45) is 1.45. The van der Waals surface area contributed by atoms with Gasteiger partial charge in [-0.05, 0) is 54.4 Å². The van der Waals surface area contributed by atoms with E-state index in [1.807, 2.05) is 48.5 Å². The summed E-state index contributed by atoms with van der Waals surface area (Å²) in [6, 6.07) is 21.4. The lowest BCUT2D eigenvalue weighted by Gasteiger charge is -2.11. The summed E-state index contributed by atoms with van der Waals surface area (Å²) in [5.41, 5.74) is 3.34. The standard InChI is InChI=1S/C23H18FN4O/c1-16-5-4-6-19(13-16)27-23-26-15-25-22(28-23)20-7-2-3-8-21(20)29-14-17-9-11-18(24)12-10-17/h2-13,15H,1,14H2,(H,25,26,27,28). The van der Waals surface area contributed by atoms with Crippen LogP contribution in [0.1, 0.15) is 11.1 Å². The van der Waals surface area contributed by atoms with Crippen LogP contribution in [0.5, 0.6) is 5.75 Å². The molecular formula is C23H18FN4O. The van der Waals surface area contributed by atoms with Gasteiger partial charge in [-0.1, -0.05) is 36.4 Å². The average molecular weight is 385 g/mol. The van der Waals surface area contributed by atoms with E-state index in [4.69, 9.17) is 4.74 Å². The number of nitrogens with zero attached hydrogens (tertiary/aromatic N) is 3. The summed E-state index contributed by atoms with van der Waals surface area (Å²) < 4.78 is 19.0. The molecule has 1 aromatic heterocycles. The highest BCUT2D eigenvalue weighted by molar-refractivity contribution is 5.65. The van der Waals surface area contributed by atoms with Crippen LogP contribution in [0.2, 0.25) is 0 Å². The Morgan fingerprint density at radius 1 is 0.931 bits per heavy atom. The van der Waals surface area contributed by atoms with E-state index in [9.17, 15) is 4.39 Å². The van der Waals surface area contributed by atoms with Crippen LogP contribution in [0.4, 0.5) is 16.0 Å². The fraction of sp³-hybridized carbons (Fsp3) is 0.0435. The van der Waals surface area contributed by atoms with Crippen molar-refractivity contribution in [2.75, 3.05) is 5.32 Å². The van der Waals surface area contributed by atoms with Crippen molar-refractivity contribution in [3.63, 3.8) is 0 Å². The molecule has 1 N–H and O–H groups in total. The van der Waals surface area contributed by atoms with Gasteiger partial charge in [-0.25, -0.2) is 14.4 Å². The van der Waals surface area contributed by atoms with Gasteiger partial charge in [0, 0.05) is 5.69 Å². The summed E-state index contributed by atoms with van der Waals surface area (Å²) in [4.78, 5) is 13.0. The molecule has 0 aliphatic rings. The van der Waals surface area contributed by atoms with Crippen molar-refractivity contribution < 1.29 is 9.13 Å². The topological polar surface area (TPSA) is 59.9 Å². The van der Waals surface area contributed by atoms with Gasteiger partial charge in [-0.15, -0.1) is 0 Å². The first-order valence-corrected chi connectivity index (χ1v) is 9.02. The first kappa shape index (κ1) is 18.6. The van der Waals surface area contributed by atoms with E-state index in [1.54, 1.807) is 12.1 Å². The fourth-order valence-corrected chi connectivity index (χ4v) is 2.78. The fourth-order valence-electron chi connectivity index (χ4n) is 2.78. The molecule has 0 saturated heterocycles. The van der Waals surface area contributed by atoms with Gasteiger partial charge in [0.2, 0.25) is 5.95 Å². The van der Waals surface area contributed by atoms with E-state index < -0.39 is 0 Å². The Balaban J connectivity index is 1.56. The lowest BCUT2D eigenvalue weighted by atomic mass is 10.2. The molecule has 4 rings (SSSR count). The second-order valence-electron chi connectivity index (χ2n) is 6.37. The van der Waals surface area contributed by atoms with Crippen LogP contribution in [-0.4, -0.2) is 15.0 Å². The molecule has 0 atom stereocenters. The number of hydrogen-bond acceptors (Lipinski definition) is 5. The maximum atomic E-state index is 13.1. The third-order valence-electron chi connectivity index (χ3n) is 4.19. The van der Waals surface area contributed by atoms with Crippen molar-refractivity contribution in [3.05, 3.63) is 103 Å². The lowest BCUT2D eigenvalue weighted by molar-refractivity contribution is 0.307. The molecule has 0 saturated carbocycles. The average Bonchev–Trinajstić information content (AvgIpc) is 2.74. The Hall–Kier alpha value is -3.80. The third kappa shape index (κ3) is 4.73. The lowest BCUT2D eigenvalue weighted by Crippen LogP contribution is -2.02. The van der Waals surface area contributed by atoms with E-state index in [2.05, 4.69) is 27.2 Å². The first-order valence-electron chi connectivity index (χ1n) is 9.02. The molecule has 6 heteroatoms. The highest BCUT2D eigenvalue weighted by Crippen LogP contribution is 2.28. The molecule has 0 amide bonds. The highest BCUT2D eigenvalue weighted by atomic mass is 19.1. The minimum Gasteiger partial charge on any atom is -0.488 e. The van der Waals surface area contributed by atoms with Gasteiger partial charge in [0.05, 0.1) is 5.56 Å². The van der Waals surface area contributed by atoms with Crippen molar-refractivity contribution >= 4 is 11.6 Å². The molecule has 29 heavy (non-hydrogen) atoms. The molecule has 5 nitrogen and oxygen atoms in total. The third-order valence-corrected chi connectivity index (χ3v) is 4.19. The van der Waals surface area contributed by atoms with E-state index in [-0.39, 0.29) is 5.82 Å². The highest BCUT2D eigenvalue weighted by Gasteiger charge is 2.11. The predicted molar refractivity (Wildman–Crippen MR) is 110 cm³/mol. The zero-order chi connectivity index (χ0) is 20.1. The van der Waals surface area contributed by atoms with Crippen molar-refractivity contribution in [1.82, 2.24) is 15.0 Å². The maximum Gasteiger partial charge on any atom is 0.230 e. The van der Waals surface area contributed by atoms with Gasteiger partial charge in [0.1, 0.15) is 24.5 Å². The Kier molecular flexibility index (Phi) is 5.42. The largest absolute Gasteiger partial charge is 0.488 e. The number of hydrogen-bond donors (Lipinski definition) is 1. The van der Waals surface area contributed by atoms with Crippen molar-refractivity contribution in [2.24, 2.45) is 0 Å². The van der Waals surface area contributed by atoms with Gasteiger partial charge in [-0.2, -0.15) is 4.98 Å². The zero-order valence-electron chi connectivity index (χ0n) is 15.5. The van der Waals surface area contributed by atoms with E-state index in [0.717, 1.165) is 22.4 Å². The normalized spacial score (nSPS) is 10.6. The SMILES string of the molecule is [CH2]c1cccc(Nc2ncnc(-c3ccccc3OCc3ccc(F)cc3)n2)c1. The molecule has 1 radical (unpaired) electrons. The molecule has 0 aliphatic carbocycles. The van der Waals surface area contributed by atoms with Crippen LogP contribution >= 0.6 is 0 Å². The monoisotopic (exact) mass is 385 g/mol. The molecule has 0 fully saturated rings. The number of halogens is 1. The molecule has 1 heterocycles. The van der Waals surface area contributed by atoms with Gasteiger partial charge < -0.3 is 10.1 Å². The Bertz CT molecular complexity index is 1120. The predicted octanol–water partition coefficient (Wildman–Crippen LogP) is 5.18. The molecule has 0 unspecified atom stereocenters. The Morgan fingerprint density at radius 3 is 2.59 bits per heavy atom. The number of rotatable bonds is 6. The molecular weight excluding hydrogens is 367 g/mol. The van der Waals surface area contributed by atoms with Crippen LogP contribution in [-0.2, 0) is 6.61 Å². The summed E-state index contributed by atoms with van der Waals surface area (Å²) in [6.45, 7) is 4.23.